The molecule has 0 unspecified atom stereocenters. The molecule has 0 amide bonds. The number of hydrogen-bond acceptors (Lipinski definition) is 3. The van der Waals surface area contributed by atoms with E-state index in [0.29, 0.717) is 0 Å². The number of allylic oxidation sites excluding steroid dienone is 1. The molecule has 3 N–H and O–H groups in total. The fraction of sp³-hybridized carbons (Fsp3) is 0.778. The molecule has 0 aliphatic rings. The molecule has 0 saturated carbocycles. The number of halogens is 2. The molecule has 0 spiro atoms. The molecule has 0 heterocycles. The highest BCUT2D eigenvalue weighted by molar-refractivity contribution is 14.1. The SMILES string of the molecule is CCCCCC/C(I)=C(\I)C(O)(O)O. The summed E-state index contributed by atoms with van der Waals surface area (Å²) in [5.74, 6) is -2.66. The number of rotatable bonds is 6. The monoisotopic (exact) mass is 426 g/mol. The number of unbranched alkanes of at least 4 members (excludes halogenated alkanes) is 3. The van der Waals surface area contributed by atoms with Crippen molar-refractivity contribution in [2.75, 3.05) is 0 Å². The highest BCUT2D eigenvalue weighted by Gasteiger charge is 2.25. The summed E-state index contributed by atoms with van der Waals surface area (Å²) in [5.41, 5.74) is 0. The minimum Gasteiger partial charge on any atom is -0.339 e. The number of hydrogen-bond donors (Lipinski definition) is 3. The van der Waals surface area contributed by atoms with Gasteiger partial charge in [-0.15, -0.1) is 0 Å². The Labute approximate surface area is 112 Å². The van der Waals surface area contributed by atoms with Crippen LogP contribution in [0, 0.1) is 0 Å². The van der Waals surface area contributed by atoms with Gasteiger partial charge >= 0.3 is 5.97 Å². The van der Waals surface area contributed by atoms with Gasteiger partial charge in [-0.25, -0.2) is 0 Å². The van der Waals surface area contributed by atoms with Crippen LogP contribution in [0.3, 0.4) is 0 Å². The van der Waals surface area contributed by atoms with Crippen LogP contribution in [0.4, 0.5) is 0 Å². The molecular formula is C9H16I2O3. The first-order chi connectivity index (χ1) is 6.39. The lowest BCUT2D eigenvalue weighted by molar-refractivity contribution is -0.275. The van der Waals surface area contributed by atoms with Gasteiger partial charge in [0.1, 0.15) is 0 Å². The third-order valence-electron chi connectivity index (χ3n) is 1.78. The third-order valence-corrected chi connectivity index (χ3v) is 5.27. The van der Waals surface area contributed by atoms with E-state index in [4.69, 9.17) is 15.3 Å². The van der Waals surface area contributed by atoms with Gasteiger partial charge in [0.2, 0.25) is 0 Å². The second-order valence-electron chi connectivity index (χ2n) is 3.16. The molecule has 84 valence electrons. The molecule has 0 aliphatic heterocycles. The fourth-order valence-electron chi connectivity index (χ4n) is 0.999. The topological polar surface area (TPSA) is 60.7 Å². The second kappa shape index (κ2) is 7.37. The van der Waals surface area contributed by atoms with Gasteiger partial charge in [0.15, 0.2) is 0 Å². The zero-order valence-corrected chi connectivity index (χ0v) is 12.4. The molecule has 5 heteroatoms. The number of aliphatic hydroxyl groups is 3. The summed E-state index contributed by atoms with van der Waals surface area (Å²) in [6.07, 6.45) is 5.34. The van der Waals surface area contributed by atoms with E-state index in [1.54, 1.807) is 22.6 Å². The van der Waals surface area contributed by atoms with Gasteiger partial charge in [0.25, 0.3) is 0 Å². The summed E-state index contributed by atoms with van der Waals surface area (Å²) in [6, 6.07) is 0. The minimum absolute atomic E-state index is 0.201. The molecule has 14 heavy (non-hydrogen) atoms. The van der Waals surface area contributed by atoms with Crippen molar-refractivity contribution in [2.24, 2.45) is 0 Å². The highest BCUT2D eigenvalue weighted by Crippen LogP contribution is 2.30. The largest absolute Gasteiger partial charge is 0.339 e. The average Bonchev–Trinajstić information content (AvgIpc) is 2.09. The lowest BCUT2D eigenvalue weighted by Crippen LogP contribution is -2.27. The Morgan fingerprint density at radius 3 is 2.07 bits per heavy atom. The first-order valence-electron chi connectivity index (χ1n) is 4.61. The Balaban J connectivity index is 3.99. The van der Waals surface area contributed by atoms with Crippen LogP contribution in [-0.2, 0) is 0 Å². The summed E-state index contributed by atoms with van der Waals surface area (Å²) in [7, 11) is 0. The predicted molar refractivity (Wildman–Crippen MR) is 73.2 cm³/mol. The van der Waals surface area contributed by atoms with Crippen LogP contribution in [0.1, 0.15) is 39.0 Å². The van der Waals surface area contributed by atoms with Crippen molar-refractivity contribution in [3.63, 3.8) is 0 Å². The zero-order valence-electron chi connectivity index (χ0n) is 8.13. The van der Waals surface area contributed by atoms with Crippen molar-refractivity contribution in [1.82, 2.24) is 0 Å². The smallest absolute Gasteiger partial charge is 0.311 e. The van der Waals surface area contributed by atoms with Gasteiger partial charge in [-0.2, -0.15) is 0 Å². The lowest BCUT2D eigenvalue weighted by atomic mass is 10.1. The van der Waals surface area contributed by atoms with Crippen molar-refractivity contribution in [3.8, 4) is 0 Å². The van der Waals surface area contributed by atoms with Gasteiger partial charge in [-0.1, -0.05) is 26.2 Å². The van der Waals surface area contributed by atoms with E-state index in [1.165, 1.54) is 12.8 Å². The van der Waals surface area contributed by atoms with Crippen molar-refractivity contribution < 1.29 is 15.3 Å². The summed E-state index contributed by atoms with van der Waals surface area (Å²) in [5, 5.41) is 26.7. The maximum absolute atomic E-state index is 8.90. The molecule has 0 aliphatic carbocycles. The van der Waals surface area contributed by atoms with E-state index in [0.717, 1.165) is 22.8 Å². The Hall–Kier alpha value is 1.08. The van der Waals surface area contributed by atoms with E-state index in [2.05, 4.69) is 6.92 Å². The quantitative estimate of drug-likeness (QED) is 0.348. The first kappa shape index (κ1) is 15.1. The van der Waals surface area contributed by atoms with E-state index in [-0.39, 0.29) is 3.58 Å². The third kappa shape index (κ3) is 6.54. The summed E-state index contributed by atoms with van der Waals surface area (Å²) >= 11 is 3.79. The molecule has 0 aromatic rings. The standard InChI is InChI=1S/C9H16I2O3/c1-2-3-4-5-6-7(10)8(11)9(12,13)14/h12-14H,2-6H2,1H3/b8-7+. The van der Waals surface area contributed by atoms with Crippen molar-refractivity contribution >= 4 is 45.2 Å². The highest BCUT2D eigenvalue weighted by atomic mass is 127. The molecule has 0 rings (SSSR count). The molecule has 0 atom stereocenters. The molecule has 0 aromatic heterocycles. The van der Waals surface area contributed by atoms with Crippen LogP contribution in [0.25, 0.3) is 0 Å². The van der Waals surface area contributed by atoms with Gasteiger partial charge in [-0.05, 0) is 58.0 Å². The Morgan fingerprint density at radius 2 is 1.64 bits per heavy atom. The lowest BCUT2D eigenvalue weighted by Gasteiger charge is -2.15. The maximum atomic E-state index is 8.90. The normalized spacial score (nSPS) is 14.1. The van der Waals surface area contributed by atoms with Crippen LogP contribution >= 0.6 is 45.2 Å². The Morgan fingerprint density at radius 1 is 1.07 bits per heavy atom. The Bertz CT molecular complexity index is 197. The molecular weight excluding hydrogens is 410 g/mol. The molecule has 0 aromatic carbocycles. The summed E-state index contributed by atoms with van der Waals surface area (Å²) in [6.45, 7) is 2.14. The summed E-state index contributed by atoms with van der Waals surface area (Å²) < 4.78 is 1.01. The zero-order chi connectivity index (χ0) is 11.2. The van der Waals surface area contributed by atoms with E-state index in [1.807, 2.05) is 22.6 Å². The van der Waals surface area contributed by atoms with E-state index >= 15 is 0 Å². The molecule has 0 saturated heterocycles. The molecule has 3 nitrogen and oxygen atoms in total. The van der Waals surface area contributed by atoms with Crippen LogP contribution in [0.5, 0.6) is 0 Å². The summed E-state index contributed by atoms with van der Waals surface area (Å²) in [4.78, 5) is 0. The van der Waals surface area contributed by atoms with Gasteiger partial charge in [0, 0.05) is 3.58 Å². The van der Waals surface area contributed by atoms with E-state index in [9.17, 15) is 0 Å². The van der Waals surface area contributed by atoms with Crippen molar-refractivity contribution in [3.05, 3.63) is 7.16 Å². The predicted octanol–water partition coefficient (Wildman–Crippen LogP) is 2.67. The second-order valence-corrected chi connectivity index (χ2v) is 5.55. The van der Waals surface area contributed by atoms with Crippen LogP contribution in [0.15, 0.2) is 7.16 Å². The molecule has 0 radical (unpaired) electrons. The van der Waals surface area contributed by atoms with Gasteiger partial charge in [-0.3, -0.25) is 0 Å². The Kier molecular flexibility index (Phi) is 7.94. The van der Waals surface area contributed by atoms with Crippen LogP contribution in [-0.4, -0.2) is 21.3 Å². The van der Waals surface area contributed by atoms with Crippen molar-refractivity contribution in [1.29, 1.82) is 0 Å². The van der Waals surface area contributed by atoms with Crippen molar-refractivity contribution in [2.45, 2.75) is 45.0 Å². The first-order valence-corrected chi connectivity index (χ1v) is 6.77. The van der Waals surface area contributed by atoms with Gasteiger partial charge in [0.05, 0.1) is 3.58 Å². The average molecular weight is 426 g/mol. The van der Waals surface area contributed by atoms with E-state index < -0.39 is 5.97 Å². The molecule has 0 bridgehead atoms. The van der Waals surface area contributed by atoms with Crippen LogP contribution in [0.2, 0.25) is 0 Å². The van der Waals surface area contributed by atoms with Gasteiger partial charge < -0.3 is 15.3 Å². The fourth-order valence-corrected chi connectivity index (χ4v) is 2.01. The maximum Gasteiger partial charge on any atom is 0.311 e. The minimum atomic E-state index is -2.66. The van der Waals surface area contributed by atoms with Crippen LogP contribution < -0.4 is 0 Å². The molecule has 0 fully saturated rings.